The van der Waals surface area contributed by atoms with Crippen molar-refractivity contribution in [2.45, 2.75) is 51.6 Å². The van der Waals surface area contributed by atoms with Crippen molar-refractivity contribution in [3.05, 3.63) is 29.3 Å². The van der Waals surface area contributed by atoms with Gasteiger partial charge in [-0.2, -0.15) is 0 Å². The highest BCUT2D eigenvalue weighted by Gasteiger charge is 2.34. The molecule has 6 heteroatoms. The lowest BCUT2D eigenvalue weighted by Gasteiger charge is -2.44. The van der Waals surface area contributed by atoms with E-state index in [2.05, 4.69) is 0 Å². The number of likely N-dealkylation sites (tertiary alicyclic amines) is 1. The number of carbonyl (C=O) groups excluding carboxylic acids is 2. The second-order valence-electron chi connectivity index (χ2n) is 7.50. The van der Waals surface area contributed by atoms with Crippen molar-refractivity contribution in [2.75, 3.05) is 33.4 Å². The van der Waals surface area contributed by atoms with E-state index in [9.17, 15) is 9.59 Å². The van der Waals surface area contributed by atoms with Gasteiger partial charge in [0.2, 0.25) is 5.91 Å². The summed E-state index contributed by atoms with van der Waals surface area (Å²) in [7, 11) is 1.62. The van der Waals surface area contributed by atoms with Crippen LogP contribution in [0.1, 0.15) is 48.5 Å². The first-order chi connectivity index (χ1) is 13.0. The zero-order valence-electron chi connectivity index (χ0n) is 16.6. The lowest BCUT2D eigenvalue weighted by Crippen LogP contribution is -2.55. The molecule has 2 aliphatic rings. The molecule has 0 bridgehead atoms. The fourth-order valence-electron chi connectivity index (χ4n) is 4.32. The van der Waals surface area contributed by atoms with E-state index < -0.39 is 0 Å². The zero-order chi connectivity index (χ0) is 19.4. The van der Waals surface area contributed by atoms with Gasteiger partial charge in [0.15, 0.2) is 0 Å². The molecule has 2 fully saturated rings. The molecule has 0 N–H and O–H groups in total. The standard InChI is InChI=1S/C21H30N2O4/c1-15-13-19(26-3)6-7-20(15)21(25)22-10-4-5-18(14-22)23(16(2)24)17-8-11-27-12-9-17/h6-7,13,17-18H,4-5,8-12,14H2,1-3H3. The van der Waals surface area contributed by atoms with Crippen molar-refractivity contribution >= 4 is 11.8 Å². The fourth-order valence-corrected chi connectivity index (χ4v) is 4.32. The van der Waals surface area contributed by atoms with E-state index in [0.29, 0.717) is 25.3 Å². The first-order valence-electron chi connectivity index (χ1n) is 9.82. The van der Waals surface area contributed by atoms with E-state index >= 15 is 0 Å². The number of carbonyl (C=O) groups is 2. The normalized spacial score (nSPS) is 21.0. The van der Waals surface area contributed by atoms with Gasteiger partial charge in [-0.3, -0.25) is 9.59 Å². The summed E-state index contributed by atoms with van der Waals surface area (Å²) in [5.74, 6) is 0.889. The van der Waals surface area contributed by atoms with Gasteiger partial charge in [-0.15, -0.1) is 0 Å². The maximum absolute atomic E-state index is 13.1. The van der Waals surface area contributed by atoms with Crippen molar-refractivity contribution in [3.8, 4) is 5.75 Å². The van der Waals surface area contributed by atoms with Crippen LogP contribution < -0.4 is 4.74 Å². The largest absolute Gasteiger partial charge is 0.497 e. The Labute approximate surface area is 161 Å². The van der Waals surface area contributed by atoms with Gasteiger partial charge >= 0.3 is 0 Å². The van der Waals surface area contributed by atoms with E-state index in [1.54, 1.807) is 14.0 Å². The summed E-state index contributed by atoms with van der Waals surface area (Å²) in [6, 6.07) is 5.85. The van der Waals surface area contributed by atoms with Crippen LogP contribution in [0, 0.1) is 6.92 Å². The molecule has 0 saturated carbocycles. The Kier molecular flexibility index (Phi) is 6.37. The second-order valence-corrected chi connectivity index (χ2v) is 7.50. The summed E-state index contributed by atoms with van der Waals surface area (Å²) in [6.07, 6.45) is 3.62. The van der Waals surface area contributed by atoms with Gasteiger partial charge in [-0.25, -0.2) is 0 Å². The number of hydrogen-bond donors (Lipinski definition) is 0. The molecule has 2 saturated heterocycles. The predicted molar refractivity (Wildman–Crippen MR) is 103 cm³/mol. The van der Waals surface area contributed by atoms with E-state index in [0.717, 1.165) is 43.5 Å². The Hall–Kier alpha value is -2.08. The third kappa shape index (κ3) is 4.43. The molecule has 2 amide bonds. The highest BCUT2D eigenvalue weighted by molar-refractivity contribution is 5.96. The van der Waals surface area contributed by atoms with Gasteiger partial charge in [-0.05, 0) is 56.4 Å². The van der Waals surface area contributed by atoms with Crippen LogP contribution >= 0.6 is 0 Å². The Morgan fingerprint density at radius 1 is 1.19 bits per heavy atom. The molecule has 148 valence electrons. The molecule has 1 unspecified atom stereocenters. The number of benzene rings is 1. The average molecular weight is 374 g/mol. The smallest absolute Gasteiger partial charge is 0.254 e. The minimum absolute atomic E-state index is 0.0373. The predicted octanol–water partition coefficient (Wildman–Crippen LogP) is 2.64. The van der Waals surface area contributed by atoms with E-state index in [1.165, 1.54) is 0 Å². The number of methoxy groups -OCH3 is 1. The average Bonchev–Trinajstić information content (AvgIpc) is 2.68. The molecule has 3 rings (SSSR count). The van der Waals surface area contributed by atoms with Crippen LogP contribution in [0.25, 0.3) is 0 Å². The van der Waals surface area contributed by atoms with Crippen LogP contribution in [0.4, 0.5) is 0 Å². The van der Waals surface area contributed by atoms with Crippen molar-refractivity contribution in [3.63, 3.8) is 0 Å². The molecule has 0 radical (unpaired) electrons. The summed E-state index contributed by atoms with van der Waals surface area (Å²) in [6.45, 7) is 6.32. The molecule has 27 heavy (non-hydrogen) atoms. The molecule has 2 heterocycles. The molecule has 1 aromatic rings. The van der Waals surface area contributed by atoms with Crippen molar-refractivity contribution in [1.29, 1.82) is 0 Å². The fraction of sp³-hybridized carbons (Fsp3) is 0.619. The van der Waals surface area contributed by atoms with Gasteiger partial charge < -0.3 is 19.3 Å². The van der Waals surface area contributed by atoms with Crippen LogP contribution in [0.2, 0.25) is 0 Å². The zero-order valence-corrected chi connectivity index (χ0v) is 16.6. The number of rotatable bonds is 4. The molecule has 0 spiro atoms. The highest BCUT2D eigenvalue weighted by Crippen LogP contribution is 2.25. The van der Waals surface area contributed by atoms with Crippen molar-refractivity contribution in [1.82, 2.24) is 9.80 Å². The SMILES string of the molecule is COc1ccc(C(=O)N2CCCC(N(C(C)=O)C3CCOCC3)C2)c(C)c1. The summed E-state index contributed by atoms with van der Waals surface area (Å²) in [5, 5.41) is 0. The topological polar surface area (TPSA) is 59.1 Å². The molecule has 1 atom stereocenters. The molecule has 1 aromatic carbocycles. The van der Waals surface area contributed by atoms with Crippen LogP contribution in [0.5, 0.6) is 5.75 Å². The van der Waals surface area contributed by atoms with E-state index in [-0.39, 0.29) is 23.9 Å². The number of aryl methyl sites for hydroxylation is 1. The Morgan fingerprint density at radius 3 is 2.56 bits per heavy atom. The molecular formula is C21H30N2O4. The van der Waals surface area contributed by atoms with Gasteiger partial charge in [0.25, 0.3) is 5.91 Å². The highest BCUT2D eigenvalue weighted by atomic mass is 16.5. The summed E-state index contributed by atoms with van der Waals surface area (Å²) >= 11 is 0. The monoisotopic (exact) mass is 374 g/mol. The Bertz CT molecular complexity index is 685. The lowest BCUT2D eigenvalue weighted by molar-refractivity contribution is -0.137. The van der Waals surface area contributed by atoms with Gasteiger partial charge in [0.05, 0.1) is 7.11 Å². The minimum Gasteiger partial charge on any atom is -0.497 e. The molecule has 2 aliphatic heterocycles. The lowest BCUT2D eigenvalue weighted by atomic mass is 9.97. The summed E-state index contributed by atoms with van der Waals surface area (Å²) in [5.41, 5.74) is 1.62. The maximum atomic E-state index is 13.1. The van der Waals surface area contributed by atoms with Gasteiger partial charge in [0, 0.05) is 50.9 Å². The van der Waals surface area contributed by atoms with Crippen molar-refractivity contribution in [2.24, 2.45) is 0 Å². The third-order valence-corrected chi connectivity index (χ3v) is 5.69. The number of ether oxygens (including phenoxy) is 2. The maximum Gasteiger partial charge on any atom is 0.254 e. The first kappa shape index (κ1) is 19.7. The van der Waals surface area contributed by atoms with Crippen LogP contribution in [-0.4, -0.2) is 67.1 Å². The van der Waals surface area contributed by atoms with E-state index in [4.69, 9.17) is 9.47 Å². The van der Waals surface area contributed by atoms with E-state index in [1.807, 2.05) is 34.9 Å². The van der Waals surface area contributed by atoms with Crippen LogP contribution in [0.15, 0.2) is 18.2 Å². The third-order valence-electron chi connectivity index (χ3n) is 5.69. The van der Waals surface area contributed by atoms with Crippen LogP contribution in [-0.2, 0) is 9.53 Å². The molecule has 0 aliphatic carbocycles. The second kappa shape index (κ2) is 8.74. The summed E-state index contributed by atoms with van der Waals surface area (Å²) < 4.78 is 10.7. The minimum atomic E-state index is 0.0373. The van der Waals surface area contributed by atoms with Crippen molar-refractivity contribution < 1.29 is 19.1 Å². The quantitative estimate of drug-likeness (QED) is 0.813. The first-order valence-corrected chi connectivity index (χ1v) is 9.82. The number of hydrogen-bond acceptors (Lipinski definition) is 4. The Morgan fingerprint density at radius 2 is 1.93 bits per heavy atom. The number of piperidine rings is 1. The molecule has 0 aromatic heterocycles. The molecular weight excluding hydrogens is 344 g/mol. The number of amides is 2. The molecule has 6 nitrogen and oxygen atoms in total. The van der Waals surface area contributed by atoms with Gasteiger partial charge in [-0.1, -0.05) is 0 Å². The van der Waals surface area contributed by atoms with Gasteiger partial charge in [0.1, 0.15) is 5.75 Å². The summed E-state index contributed by atoms with van der Waals surface area (Å²) in [4.78, 5) is 29.4. The Balaban J connectivity index is 1.74. The number of nitrogens with zero attached hydrogens (tertiary/aromatic N) is 2. The van der Waals surface area contributed by atoms with Crippen LogP contribution in [0.3, 0.4) is 0 Å².